The van der Waals surface area contributed by atoms with E-state index in [9.17, 15) is 15.0 Å². The number of nitrogens with one attached hydrogen (secondary N) is 1. The molecular formula is C7H13NO4. The van der Waals surface area contributed by atoms with Gasteiger partial charge in [0, 0.05) is 12.5 Å². The topological polar surface area (TPSA) is 89.8 Å². The van der Waals surface area contributed by atoms with E-state index in [0.29, 0.717) is 0 Å². The average Bonchev–Trinajstić information content (AvgIpc) is 2.30. The zero-order valence-electron chi connectivity index (χ0n) is 6.77. The highest BCUT2D eigenvalue weighted by atomic mass is 16.4. The lowest BCUT2D eigenvalue weighted by Gasteiger charge is -2.20. The second kappa shape index (κ2) is 3.38. The molecule has 0 aromatic rings. The van der Waals surface area contributed by atoms with E-state index in [1.807, 2.05) is 0 Å². The maximum atomic E-state index is 10.6. The van der Waals surface area contributed by atoms with Crippen LogP contribution in [0.1, 0.15) is 6.92 Å². The average molecular weight is 175 g/mol. The van der Waals surface area contributed by atoms with Crippen molar-refractivity contribution in [1.82, 2.24) is 5.32 Å². The minimum absolute atomic E-state index is 0.229. The number of aliphatic carboxylic acids is 1. The van der Waals surface area contributed by atoms with Crippen LogP contribution in [-0.2, 0) is 4.79 Å². The summed E-state index contributed by atoms with van der Waals surface area (Å²) in [5.74, 6) is -1.64. The molecule has 1 aliphatic rings. The summed E-state index contributed by atoms with van der Waals surface area (Å²) in [5.41, 5.74) is 0. The van der Waals surface area contributed by atoms with Crippen molar-refractivity contribution in [1.29, 1.82) is 0 Å². The molecule has 0 radical (unpaired) electrons. The lowest BCUT2D eigenvalue weighted by atomic mass is 9.93. The Morgan fingerprint density at radius 3 is 2.58 bits per heavy atom. The fourth-order valence-electron chi connectivity index (χ4n) is 1.59. The fourth-order valence-corrected chi connectivity index (χ4v) is 1.59. The predicted octanol–water partition coefficient (Wildman–Crippen LogP) is -1.60. The number of aliphatic hydroxyl groups excluding tert-OH is 2. The summed E-state index contributed by atoms with van der Waals surface area (Å²) in [6, 6.07) is -0.833. The van der Waals surface area contributed by atoms with Crippen molar-refractivity contribution in [3.8, 4) is 0 Å². The van der Waals surface area contributed by atoms with Gasteiger partial charge < -0.3 is 20.6 Å². The summed E-state index contributed by atoms with van der Waals surface area (Å²) in [7, 11) is 0. The third-order valence-electron chi connectivity index (χ3n) is 2.20. The summed E-state index contributed by atoms with van der Waals surface area (Å²) in [6.45, 7) is 1.71. The molecule has 4 N–H and O–H groups in total. The number of rotatable bonds is 2. The number of hydrogen-bond donors (Lipinski definition) is 4. The zero-order valence-corrected chi connectivity index (χ0v) is 6.77. The first-order chi connectivity index (χ1) is 5.54. The van der Waals surface area contributed by atoms with Gasteiger partial charge in [-0.15, -0.1) is 0 Å². The van der Waals surface area contributed by atoms with Crippen molar-refractivity contribution >= 4 is 5.97 Å². The van der Waals surface area contributed by atoms with E-state index in [2.05, 4.69) is 5.32 Å². The normalized spacial score (nSPS) is 38.1. The Morgan fingerprint density at radius 2 is 2.25 bits per heavy atom. The number of β-amino-alcohol motifs (C(OH)–C–C–N with tert-alkyl or cyclic N) is 1. The van der Waals surface area contributed by atoms with E-state index < -0.39 is 30.1 Å². The van der Waals surface area contributed by atoms with Gasteiger partial charge in [-0.1, -0.05) is 0 Å². The van der Waals surface area contributed by atoms with Crippen LogP contribution in [0.2, 0.25) is 0 Å². The Labute approximate surface area is 70.0 Å². The van der Waals surface area contributed by atoms with Crippen molar-refractivity contribution in [2.75, 3.05) is 6.54 Å². The Balaban J connectivity index is 2.70. The first-order valence-corrected chi connectivity index (χ1v) is 3.86. The Bertz CT molecular complexity index is 182. The highest BCUT2D eigenvalue weighted by Crippen LogP contribution is 2.20. The molecule has 4 atom stereocenters. The number of hydrogen-bond acceptors (Lipinski definition) is 4. The molecule has 70 valence electrons. The maximum absolute atomic E-state index is 10.6. The van der Waals surface area contributed by atoms with Crippen LogP contribution in [-0.4, -0.2) is 46.1 Å². The molecule has 1 saturated heterocycles. The molecule has 1 heterocycles. The van der Waals surface area contributed by atoms with Gasteiger partial charge >= 0.3 is 5.97 Å². The third-order valence-corrected chi connectivity index (χ3v) is 2.20. The lowest BCUT2D eigenvalue weighted by Crippen LogP contribution is -2.41. The number of carboxylic acids is 1. The Morgan fingerprint density at radius 1 is 1.67 bits per heavy atom. The van der Waals surface area contributed by atoms with Crippen LogP contribution < -0.4 is 5.32 Å². The second-order valence-corrected chi connectivity index (χ2v) is 3.11. The van der Waals surface area contributed by atoms with Gasteiger partial charge in [0.05, 0.1) is 12.2 Å². The summed E-state index contributed by atoms with van der Waals surface area (Å²) < 4.78 is 0. The molecule has 0 aliphatic carbocycles. The van der Waals surface area contributed by atoms with Gasteiger partial charge in [-0.2, -0.15) is 0 Å². The van der Waals surface area contributed by atoms with Crippen molar-refractivity contribution in [2.45, 2.75) is 25.2 Å². The monoisotopic (exact) mass is 175 g/mol. The molecule has 0 bridgehead atoms. The molecule has 1 rings (SSSR count). The van der Waals surface area contributed by atoms with Crippen LogP contribution in [0.4, 0.5) is 0 Å². The van der Waals surface area contributed by atoms with Gasteiger partial charge in [0.15, 0.2) is 0 Å². The van der Waals surface area contributed by atoms with E-state index in [0.717, 1.165) is 0 Å². The molecule has 0 aromatic heterocycles. The zero-order chi connectivity index (χ0) is 9.30. The minimum atomic E-state index is -1.03. The second-order valence-electron chi connectivity index (χ2n) is 3.11. The smallest absolute Gasteiger partial charge is 0.321 e. The van der Waals surface area contributed by atoms with Crippen molar-refractivity contribution in [3.63, 3.8) is 0 Å². The molecule has 4 unspecified atom stereocenters. The van der Waals surface area contributed by atoms with E-state index in [-0.39, 0.29) is 6.54 Å². The van der Waals surface area contributed by atoms with Crippen molar-refractivity contribution in [3.05, 3.63) is 0 Å². The number of carbonyl (C=O) groups is 1. The molecule has 5 heteroatoms. The van der Waals surface area contributed by atoms with Gasteiger partial charge in [0.25, 0.3) is 0 Å². The molecule has 1 aliphatic heterocycles. The van der Waals surface area contributed by atoms with E-state index >= 15 is 0 Å². The molecule has 0 amide bonds. The Hall–Kier alpha value is -0.650. The molecule has 0 spiro atoms. The van der Waals surface area contributed by atoms with Crippen LogP contribution in [0.5, 0.6) is 0 Å². The van der Waals surface area contributed by atoms with Crippen LogP contribution in [0.25, 0.3) is 0 Å². The highest BCUT2D eigenvalue weighted by molar-refractivity contribution is 5.74. The number of aliphatic hydroxyl groups is 2. The molecule has 0 aromatic carbocycles. The van der Waals surface area contributed by atoms with E-state index in [4.69, 9.17) is 5.11 Å². The van der Waals surface area contributed by atoms with Gasteiger partial charge in [0.1, 0.15) is 6.04 Å². The van der Waals surface area contributed by atoms with E-state index in [1.54, 1.807) is 0 Å². The predicted molar refractivity (Wildman–Crippen MR) is 40.6 cm³/mol. The summed E-state index contributed by atoms with van der Waals surface area (Å²) in [6.07, 6.45) is -1.58. The van der Waals surface area contributed by atoms with Crippen LogP contribution in [0, 0.1) is 5.92 Å². The summed E-state index contributed by atoms with van der Waals surface area (Å²) in [4.78, 5) is 10.6. The van der Waals surface area contributed by atoms with Gasteiger partial charge in [-0.25, -0.2) is 0 Å². The van der Waals surface area contributed by atoms with Crippen LogP contribution >= 0.6 is 0 Å². The first-order valence-electron chi connectivity index (χ1n) is 3.86. The molecule has 5 nitrogen and oxygen atoms in total. The number of carboxylic acid groups (broad SMARTS) is 1. The van der Waals surface area contributed by atoms with E-state index in [1.165, 1.54) is 6.92 Å². The lowest BCUT2D eigenvalue weighted by molar-refractivity contribution is -0.142. The molecule has 0 saturated carbocycles. The van der Waals surface area contributed by atoms with Crippen LogP contribution in [0.3, 0.4) is 0 Å². The molecule has 12 heavy (non-hydrogen) atoms. The SMILES string of the molecule is CC(O)C1C(O)CNC1C(=O)O. The largest absolute Gasteiger partial charge is 0.480 e. The molecule has 1 fully saturated rings. The quantitative estimate of drug-likeness (QED) is 0.406. The highest BCUT2D eigenvalue weighted by Gasteiger charge is 2.41. The van der Waals surface area contributed by atoms with Crippen molar-refractivity contribution < 1.29 is 20.1 Å². The van der Waals surface area contributed by atoms with Gasteiger partial charge in [0.2, 0.25) is 0 Å². The maximum Gasteiger partial charge on any atom is 0.321 e. The fraction of sp³-hybridized carbons (Fsp3) is 0.857. The molecular weight excluding hydrogens is 162 g/mol. The van der Waals surface area contributed by atoms with Gasteiger partial charge in [-0.3, -0.25) is 4.79 Å². The van der Waals surface area contributed by atoms with Crippen LogP contribution in [0.15, 0.2) is 0 Å². The Kier molecular flexibility index (Phi) is 2.66. The standard InChI is InChI=1S/C7H13NO4/c1-3(9)5-4(10)2-8-6(5)7(11)12/h3-6,8-10H,2H2,1H3,(H,11,12). The summed E-state index contributed by atoms with van der Waals surface area (Å²) >= 11 is 0. The van der Waals surface area contributed by atoms with Crippen molar-refractivity contribution in [2.24, 2.45) is 5.92 Å². The third kappa shape index (κ3) is 1.57. The van der Waals surface area contributed by atoms with Gasteiger partial charge in [-0.05, 0) is 6.92 Å². The minimum Gasteiger partial charge on any atom is -0.480 e. The first kappa shape index (κ1) is 9.44. The summed E-state index contributed by atoms with van der Waals surface area (Å²) in [5, 5.41) is 29.8.